The molecule has 2 fully saturated rings. The molecule has 0 unspecified atom stereocenters. The van der Waals surface area contributed by atoms with E-state index >= 15 is 0 Å². The molecule has 2 aliphatic heterocycles. The Hall–Kier alpha value is -2.65. The second kappa shape index (κ2) is 8.47. The summed E-state index contributed by atoms with van der Waals surface area (Å²) in [5.41, 5.74) is 6.13. The van der Waals surface area contributed by atoms with Crippen LogP contribution in [0.15, 0.2) is 53.2 Å². The van der Waals surface area contributed by atoms with Crippen LogP contribution in [-0.4, -0.2) is 51.1 Å². The number of hydrogen-bond donors (Lipinski definition) is 1. The topological polar surface area (TPSA) is 97.0 Å². The molecule has 0 saturated carbocycles. The fourth-order valence-corrected chi connectivity index (χ4v) is 5.35. The zero-order valence-electron chi connectivity index (χ0n) is 17.0. The van der Waals surface area contributed by atoms with E-state index in [4.69, 9.17) is 17.3 Å². The van der Waals surface area contributed by atoms with E-state index in [9.17, 15) is 0 Å². The molecule has 2 saturated heterocycles. The highest BCUT2D eigenvalue weighted by atomic mass is 35.5. The highest BCUT2D eigenvalue weighted by molar-refractivity contribution is 7.99. The van der Waals surface area contributed by atoms with Crippen molar-refractivity contribution in [3.63, 3.8) is 0 Å². The minimum absolute atomic E-state index is 0.322. The van der Waals surface area contributed by atoms with E-state index in [1.54, 1.807) is 24.8 Å². The molecular weight excluding hydrogens is 432 g/mol. The second-order valence-corrected chi connectivity index (χ2v) is 9.49. The Morgan fingerprint density at radius 3 is 2.35 bits per heavy atom. The first-order chi connectivity index (χ1) is 15.1. The summed E-state index contributed by atoms with van der Waals surface area (Å²) in [4.78, 5) is 27.4. The van der Waals surface area contributed by atoms with Crippen LogP contribution < -0.4 is 15.5 Å². The number of anilines is 3. The minimum Gasteiger partial charge on any atom is -0.382 e. The molecule has 0 amide bonds. The monoisotopic (exact) mass is 454 g/mol. The zero-order valence-corrected chi connectivity index (χ0v) is 18.6. The van der Waals surface area contributed by atoms with Gasteiger partial charge in [-0.25, -0.2) is 19.9 Å². The Balaban J connectivity index is 1.20. The molecule has 160 valence electrons. The summed E-state index contributed by atoms with van der Waals surface area (Å²) < 4.78 is 0. The molecule has 3 aromatic rings. The average molecular weight is 455 g/mol. The van der Waals surface area contributed by atoms with Crippen molar-refractivity contribution in [3.05, 3.63) is 48.3 Å². The highest BCUT2D eigenvalue weighted by Gasteiger charge is 2.41. The normalized spacial score (nSPS) is 18.0. The van der Waals surface area contributed by atoms with Gasteiger partial charge in [0.25, 0.3) is 0 Å². The largest absolute Gasteiger partial charge is 0.382 e. The van der Waals surface area contributed by atoms with Crippen molar-refractivity contribution in [2.75, 3.05) is 41.7 Å². The van der Waals surface area contributed by atoms with Gasteiger partial charge in [0, 0.05) is 49.7 Å². The van der Waals surface area contributed by atoms with Crippen molar-refractivity contribution in [3.8, 4) is 0 Å². The predicted octanol–water partition coefficient (Wildman–Crippen LogP) is 3.55. The van der Waals surface area contributed by atoms with Crippen molar-refractivity contribution in [1.29, 1.82) is 0 Å². The number of nitrogen functional groups attached to an aromatic ring is 1. The molecule has 2 N–H and O–H groups in total. The van der Waals surface area contributed by atoms with Gasteiger partial charge in [-0.1, -0.05) is 23.4 Å². The number of nitrogens with zero attached hydrogens (tertiary/aromatic N) is 7. The molecule has 10 heteroatoms. The van der Waals surface area contributed by atoms with Gasteiger partial charge in [0.15, 0.2) is 0 Å². The van der Waals surface area contributed by atoms with Crippen molar-refractivity contribution in [2.24, 2.45) is 5.41 Å². The number of nitrogens with two attached hydrogens (primary N) is 1. The van der Waals surface area contributed by atoms with E-state index in [2.05, 4.69) is 34.7 Å². The summed E-state index contributed by atoms with van der Waals surface area (Å²) >= 11 is 7.67. The molecule has 1 spiro atoms. The van der Waals surface area contributed by atoms with Crippen molar-refractivity contribution >= 4 is 40.8 Å². The van der Waals surface area contributed by atoms with Crippen LogP contribution in [-0.2, 0) is 0 Å². The van der Waals surface area contributed by atoms with Crippen LogP contribution >= 0.6 is 23.4 Å². The molecule has 3 aromatic heterocycles. The molecular formula is C21H23ClN8S. The molecule has 0 aromatic carbocycles. The first-order valence-electron chi connectivity index (χ1n) is 10.3. The van der Waals surface area contributed by atoms with Crippen LogP contribution in [0.5, 0.6) is 0 Å². The molecule has 2 aliphatic rings. The van der Waals surface area contributed by atoms with Crippen molar-refractivity contribution < 1.29 is 0 Å². The van der Waals surface area contributed by atoms with E-state index in [-0.39, 0.29) is 0 Å². The van der Waals surface area contributed by atoms with Gasteiger partial charge < -0.3 is 15.5 Å². The molecule has 5 heterocycles. The van der Waals surface area contributed by atoms with E-state index in [0.717, 1.165) is 60.6 Å². The minimum atomic E-state index is 0.322. The second-order valence-electron chi connectivity index (χ2n) is 8.05. The lowest BCUT2D eigenvalue weighted by atomic mass is 9.78. The first kappa shape index (κ1) is 20.3. The quantitative estimate of drug-likeness (QED) is 0.634. The molecule has 0 aliphatic carbocycles. The third-order valence-electron chi connectivity index (χ3n) is 6.17. The zero-order chi connectivity index (χ0) is 21.3. The number of halogens is 1. The Labute approximate surface area is 190 Å². The highest BCUT2D eigenvalue weighted by Crippen LogP contribution is 2.42. The maximum atomic E-state index is 6.23. The van der Waals surface area contributed by atoms with Gasteiger partial charge in [0.05, 0.1) is 23.6 Å². The third-order valence-corrected chi connectivity index (χ3v) is 7.66. The third kappa shape index (κ3) is 4.24. The summed E-state index contributed by atoms with van der Waals surface area (Å²) in [7, 11) is 0. The SMILES string of the molecule is Nc1nccc(Sc2cnc(N3CCC4(CC3)CCN(c3cnccn3)C4)cn2)c1Cl. The lowest BCUT2D eigenvalue weighted by Gasteiger charge is -2.39. The summed E-state index contributed by atoms with van der Waals surface area (Å²) in [5.74, 6) is 2.23. The van der Waals surface area contributed by atoms with Crippen LogP contribution in [0.3, 0.4) is 0 Å². The number of pyridine rings is 1. The fraction of sp³-hybridized carbons (Fsp3) is 0.381. The Morgan fingerprint density at radius 1 is 0.871 bits per heavy atom. The van der Waals surface area contributed by atoms with Crippen LogP contribution in [0.1, 0.15) is 19.3 Å². The first-order valence-corrected chi connectivity index (χ1v) is 11.5. The van der Waals surface area contributed by atoms with Gasteiger partial charge in [-0.15, -0.1) is 0 Å². The van der Waals surface area contributed by atoms with E-state index in [1.807, 2.05) is 18.5 Å². The number of rotatable bonds is 4. The molecule has 5 rings (SSSR count). The predicted molar refractivity (Wildman–Crippen MR) is 123 cm³/mol. The van der Waals surface area contributed by atoms with Gasteiger partial charge >= 0.3 is 0 Å². The Morgan fingerprint density at radius 2 is 1.65 bits per heavy atom. The van der Waals surface area contributed by atoms with Crippen molar-refractivity contribution in [1.82, 2.24) is 24.9 Å². The molecule has 0 bridgehead atoms. The average Bonchev–Trinajstić information content (AvgIpc) is 3.22. The van der Waals surface area contributed by atoms with E-state index in [1.165, 1.54) is 18.2 Å². The summed E-state index contributed by atoms with van der Waals surface area (Å²) in [6.45, 7) is 4.08. The Bertz CT molecular complexity index is 1040. The molecule has 0 radical (unpaired) electrons. The Kier molecular flexibility index (Phi) is 5.54. The van der Waals surface area contributed by atoms with Gasteiger partial charge in [-0.05, 0) is 30.7 Å². The number of piperidine rings is 1. The number of hydrogen-bond acceptors (Lipinski definition) is 9. The van der Waals surface area contributed by atoms with Crippen LogP contribution in [0.2, 0.25) is 5.02 Å². The smallest absolute Gasteiger partial charge is 0.147 e. The van der Waals surface area contributed by atoms with Gasteiger partial charge in [-0.2, -0.15) is 0 Å². The van der Waals surface area contributed by atoms with Gasteiger partial charge in [0.2, 0.25) is 0 Å². The van der Waals surface area contributed by atoms with Gasteiger partial charge in [-0.3, -0.25) is 4.98 Å². The van der Waals surface area contributed by atoms with Crippen molar-refractivity contribution in [2.45, 2.75) is 29.2 Å². The number of aromatic nitrogens is 5. The van der Waals surface area contributed by atoms with Crippen LogP contribution in [0.4, 0.5) is 17.5 Å². The summed E-state index contributed by atoms with van der Waals surface area (Å²) in [6, 6.07) is 1.83. The fourth-order valence-electron chi connectivity index (χ4n) is 4.36. The maximum Gasteiger partial charge on any atom is 0.147 e. The molecule has 0 atom stereocenters. The molecule has 31 heavy (non-hydrogen) atoms. The van der Waals surface area contributed by atoms with Gasteiger partial charge in [0.1, 0.15) is 22.5 Å². The van der Waals surface area contributed by atoms with E-state index < -0.39 is 0 Å². The lowest BCUT2D eigenvalue weighted by molar-refractivity contribution is 0.250. The summed E-state index contributed by atoms with van der Waals surface area (Å²) in [6.07, 6.45) is 14.1. The molecule has 8 nitrogen and oxygen atoms in total. The van der Waals surface area contributed by atoms with E-state index in [0.29, 0.717) is 16.3 Å². The van der Waals surface area contributed by atoms with Crippen LogP contribution in [0.25, 0.3) is 0 Å². The summed E-state index contributed by atoms with van der Waals surface area (Å²) in [5, 5.41) is 1.23. The standard InChI is InChI=1S/C21H23ClN8S/c22-19-15(1-5-26-20(19)23)31-18-13-27-17(12-28-18)29-8-2-21(3-9-29)4-10-30(14-21)16-11-24-6-7-25-16/h1,5-7,11-13H,2-4,8-10,14H2,(H2,23,26). The van der Waals surface area contributed by atoms with Crippen LogP contribution in [0, 0.1) is 5.41 Å². The lowest BCUT2D eigenvalue weighted by Crippen LogP contribution is -2.42. The maximum absolute atomic E-state index is 6.23.